The first kappa shape index (κ1) is 69.7. The van der Waals surface area contributed by atoms with Crippen molar-refractivity contribution in [1.82, 2.24) is 4.57 Å². The SMILES string of the molecule is CCCCCCCCC1(CCCCCCCC)c2cc(C)ccc2-c2ccc(-c3cc(-n4c5ccccc5c5ccccc54)cc(C(C)(C)C(C)(C)c4ccc5c(c4)C(CCCCCCCC)(CCCCCCCC)c4cc(-c6ccc(-c7ccc(C)cc7)cc6)ccc4-5)c3)cc21. The summed E-state index contributed by atoms with van der Waals surface area (Å²) in [4.78, 5) is 0. The predicted octanol–water partition coefficient (Wildman–Crippen LogP) is 29.2. The fourth-order valence-electron chi connectivity index (χ4n) is 17.8. The maximum absolute atomic E-state index is 2.77. The third-order valence-electron chi connectivity index (χ3n) is 24.4. The van der Waals surface area contributed by atoms with Crippen LogP contribution in [0.3, 0.4) is 0 Å². The Morgan fingerprint density at radius 1 is 0.278 bits per heavy atom. The van der Waals surface area contributed by atoms with E-state index in [1.165, 1.54) is 285 Å². The number of hydrogen-bond acceptors (Lipinski definition) is 0. The summed E-state index contributed by atoms with van der Waals surface area (Å²) in [6, 6.07) is 75.2. The number of unbranched alkanes of at least 4 members (excludes halogenated alkanes) is 20. The van der Waals surface area contributed by atoms with Gasteiger partial charge in [-0.2, -0.15) is 0 Å². The highest BCUT2D eigenvalue weighted by molar-refractivity contribution is 6.09. The molecule has 97 heavy (non-hydrogen) atoms. The summed E-state index contributed by atoms with van der Waals surface area (Å²) in [6.07, 6.45) is 36.2. The highest BCUT2D eigenvalue weighted by atomic mass is 15.0. The fraction of sp³-hybridized carbons (Fsp3) is 0.438. The Hall–Kier alpha value is -7.22. The van der Waals surface area contributed by atoms with Gasteiger partial charge in [0.1, 0.15) is 0 Å². The summed E-state index contributed by atoms with van der Waals surface area (Å²) >= 11 is 0. The third kappa shape index (κ3) is 14.4. The summed E-state index contributed by atoms with van der Waals surface area (Å²) in [7, 11) is 0. The van der Waals surface area contributed by atoms with Gasteiger partial charge in [0.05, 0.1) is 11.0 Å². The lowest BCUT2D eigenvalue weighted by molar-refractivity contribution is 0.302. The molecule has 2 aliphatic carbocycles. The summed E-state index contributed by atoms with van der Waals surface area (Å²) in [5, 5.41) is 2.61. The maximum Gasteiger partial charge on any atom is 0.0541 e. The first-order valence-electron chi connectivity index (χ1n) is 39.1. The summed E-state index contributed by atoms with van der Waals surface area (Å²) in [5.74, 6) is 0. The number of aryl methyl sites for hydroxylation is 2. The molecular weight excluding hydrogens is 1170 g/mol. The summed E-state index contributed by atoms with van der Waals surface area (Å²) < 4.78 is 2.59. The molecule has 12 rings (SSSR count). The Labute approximate surface area is 587 Å². The number of rotatable bonds is 35. The van der Waals surface area contributed by atoms with Gasteiger partial charge in [0.2, 0.25) is 0 Å². The molecule has 0 fully saturated rings. The van der Waals surface area contributed by atoms with Crippen LogP contribution in [0.5, 0.6) is 0 Å². The van der Waals surface area contributed by atoms with Gasteiger partial charge in [0.15, 0.2) is 0 Å². The second-order valence-electron chi connectivity index (χ2n) is 31.4. The number of fused-ring (bicyclic) bond motifs is 9. The van der Waals surface area contributed by atoms with Crippen molar-refractivity contribution < 1.29 is 0 Å². The van der Waals surface area contributed by atoms with E-state index in [1.54, 1.807) is 22.3 Å². The Morgan fingerprint density at radius 2 is 0.619 bits per heavy atom. The Balaban J connectivity index is 0.988. The molecule has 506 valence electrons. The molecule has 0 bridgehead atoms. The van der Waals surface area contributed by atoms with Crippen molar-refractivity contribution in [2.45, 2.75) is 271 Å². The van der Waals surface area contributed by atoms with Crippen LogP contribution in [0.4, 0.5) is 0 Å². The minimum atomic E-state index is -0.320. The van der Waals surface area contributed by atoms with E-state index < -0.39 is 0 Å². The van der Waals surface area contributed by atoms with Gasteiger partial charge in [-0.05, 0) is 176 Å². The molecule has 0 saturated carbocycles. The minimum Gasteiger partial charge on any atom is -0.309 e. The molecule has 0 atom stereocenters. The lowest BCUT2D eigenvalue weighted by Gasteiger charge is -2.44. The van der Waals surface area contributed by atoms with Crippen molar-refractivity contribution in [3.05, 3.63) is 233 Å². The lowest BCUT2D eigenvalue weighted by atomic mass is 9.60. The molecule has 1 heterocycles. The normalized spacial score (nSPS) is 13.8. The van der Waals surface area contributed by atoms with Crippen molar-refractivity contribution in [1.29, 1.82) is 0 Å². The smallest absolute Gasteiger partial charge is 0.0541 e. The van der Waals surface area contributed by atoms with Crippen LogP contribution in [0.25, 0.3) is 83.1 Å². The number of nitrogens with zero attached hydrogens (tertiary/aromatic N) is 1. The van der Waals surface area contributed by atoms with Crippen molar-refractivity contribution in [3.8, 4) is 61.3 Å². The van der Waals surface area contributed by atoms with Gasteiger partial charge < -0.3 is 4.57 Å². The van der Waals surface area contributed by atoms with Crippen LogP contribution in [-0.2, 0) is 21.7 Å². The molecule has 0 aliphatic heterocycles. The average molecular weight is 1280 g/mol. The first-order valence-corrected chi connectivity index (χ1v) is 39.1. The topological polar surface area (TPSA) is 4.93 Å². The highest BCUT2D eigenvalue weighted by Gasteiger charge is 2.47. The van der Waals surface area contributed by atoms with Crippen molar-refractivity contribution in [3.63, 3.8) is 0 Å². The van der Waals surface area contributed by atoms with Crippen LogP contribution in [0.1, 0.15) is 280 Å². The van der Waals surface area contributed by atoms with Gasteiger partial charge in [-0.3, -0.25) is 0 Å². The molecular formula is C96H117N. The molecule has 1 nitrogen and oxygen atoms in total. The Bertz CT molecular complexity index is 4160. The van der Waals surface area contributed by atoms with E-state index in [9.17, 15) is 0 Å². The van der Waals surface area contributed by atoms with Crippen LogP contribution < -0.4 is 0 Å². The zero-order chi connectivity index (χ0) is 67.6. The monoisotopic (exact) mass is 1280 g/mol. The van der Waals surface area contributed by atoms with Crippen LogP contribution in [0, 0.1) is 13.8 Å². The molecule has 0 radical (unpaired) electrons. The molecule has 1 aromatic heterocycles. The van der Waals surface area contributed by atoms with E-state index in [0.717, 1.165) is 0 Å². The van der Waals surface area contributed by atoms with Gasteiger partial charge in [-0.15, -0.1) is 0 Å². The molecule has 0 unspecified atom stereocenters. The molecule has 9 aromatic carbocycles. The third-order valence-corrected chi connectivity index (χ3v) is 24.4. The number of benzene rings is 9. The maximum atomic E-state index is 2.77. The van der Waals surface area contributed by atoms with Crippen LogP contribution in [0.2, 0.25) is 0 Å². The van der Waals surface area contributed by atoms with E-state index in [4.69, 9.17) is 0 Å². The van der Waals surface area contributed by atoms with E-state index in [2.05, 4.69) is 262 Å². The first-order chi connectivity index (χ1) is 47.3. The quantitative estimate of drug-likeness (QED) is 0.0349. The van der Waals surface area contributed by atoms with Crippen molar-refractivity contribution in [2.24, 2.45) is 0 Å². The van der Waals surface area contributed by atoms with Crippen molar-refractivity contribution in [2.75, 3.05) is 0 Å². The second-order valence-corrected chi connectivity index (χ2v) is 31.4. The van der Waals surface area contributed by atoms with Gasteiger partial charge in [-0.25, -0.2) is 0 Å². The van der Waals surface area contributed by atoms with Crippen LogP contribution in [-0.4, -0.2) is 4.57 Å². The fourth-order valence-corrected chi connectivity index (χ4v) is 17.8. The lowest BCUT2D eigenvalue weighted by Crippen LogP contribution is -2.40. The van der Waals surface area contributed by atoms with Crippen molar-refractivity contribution >= 4 is 21.8 Å². The molecule has 0 saturated heterocycles. The van der Waals surface area contributed by atoms with Gasteiger partial charge >= 0.3 is 0 Å². The number of para-hydroxylation sites is 2. The van der Waals surface area contributed by atoms with Gasteiger partial charge in [0.25, 0.3) is 0 Å². The Kier molecular flexibility index (Phi) is 22.5. The zero-order valence-corrected chi connectivity index (χ0v) is 61.6. The van der Waals surface area contributed by atoms with E-state index in [-0.39, 0.29) is 21.7 Å². The van der Waals surface area contributed by atoms with Gasteiger partial charge in [-0.1, -0.05) is 372 Å². The molecule has 2 aliphatic rings. The number of hydrogen-bond donors (Lipinski definition) is 0. The second kappa shape index (κ2) is 31.3. The summed E-state index contributed by atoms with van der Waals surface area (Å²) in [6.45, 7) is 24.2. The molecule has 10 aromatic rings. The van der Waals surface area contributed by atoms with E-state index in [0.29, 0.717) is 0 Å². The summed E-state index contributed by atoms with van der Waals surface area (Å²) in [5.41, 5.74) is 28.5. The molecule has 0 N–H and O–H groups in total. The molecule has 0 amide bonds. The van der Waals surface area contributed by atoms with Crippen LogP contribution in [0.15, 0.2) is 188 Å². The van der Waals surface area contributed by atoms with Crippen LogP contribution >= 0.6 is 0 Å². The standard InChI is InChI=1S/C96H117N/c1-11-15-19-23-27-35-59-95(60-36-28-24-20-16-12-2)87-63-71(6)45-55-81(87)82-57-53-76(67-89(82)95)77-64-79(68-80(65-77)97-91-41-33-31-39-85(91)86-40-32-34-42-92(86)97)94(9,10)93(7,8)78-54-58-84-83-56-52-75(74-50-48-73(49-51-74)72-46-43-70(5)44-47-72)66-88(83)96(90(84)69-78,61-37-29-25-21-17-13-3)62-38-30-26-22-18-14-4/h31-34,39-58,63-69H,11-30,35-38,59-62H2,1-10H3. The minimum absolute atomic E-state index is 0.0155. The van der Waals surface area contributed by atoms with Gasteiger partial charge in [0, 0.05) is 27.3 Å². The molecule has 0 spiro atoms. The largest absolute Gasteiger partial charge is 0.309 e. The van der Waals surface area contributed by atoms with E-state index >= 15 is 0 Å². The number of aromatic nitrogens is 1. The zero-order valence-electron chi connectivity index (χ0n) is 61.6. The predicted molar refractivity (Wildman–Crippen MR) is 423 cm³/mol. The average Bonchev–Trinajstić information content (AvgIpc) is 1.60. The molecule has 1 heteroatoms. The highest BCUT2D eigenvalue weighted by Crippen LogP contribution is 2.59. The Morgan fingerprint density at radius 3 is 1.08 bits per heavy atom. The van der Waals surface area contributed by atoms with E-state index in [1.807, 2.05) is 0 Å².